The second-order valence-electron chi connectivity index (χ2n) is 9.00. The molecule has 1 aliphatic heterocycles. The Morgan fingerprint density at radius 3 is 2.40 bits per heavy atom. The summed E-state index contributed by atoms with van der Waals surface area (Å²) in [6.45, 7) is 4.48. The minimum Gasteiger partial charge on any atom is -0.353 e. The minimum atomic E-state index is 0.0983. The SMILES string of the molecule is CC1(CN)CCN(C(=O)C2CCC(NC(=O)CC3CCCC3)CC2)C1. The quantitative estimate of drug-likeness (QED) is 0.800. The summed E-state index contributed by atoms with van der Waals surface area (Å²) in [5.74, 6) is 1.28. The maximum absolute atomic E-state index is 12.8. The van der Waals surface area contributed by atoms with Crippen LogP contribution in [0.1, 0.15) is 71.1 Å². The summed E-state index contributed by atoms with van der Waals surface area (Å²) in [4.78, 5) is 27.0. The smallest absolute Gasteiger partial charge is 0.225 e. The molecular weight excluding hydrogens is 314 g/mol. The van der Waals surface area contributed by atoms with E-state index in [4.69, 9.17) is 5.73 Å². The van der Waals surface area contributed by atoms with E-state index in [1.54, 1.807) is 0 Å². The average molecular weight is 350 g/mol. The van der Waals surface area contributed by atoms with Crippen molar-refractivity contribution in [3.8, 4) is 0 Å². The highest BCUT2D eigenvalue weighted by atomic mass is 16.2. The molecule has 3 N–H and O–H groups in total. The molecule has 0 aromatic carbocycles. The van der Waals surface area contributed by atoms with Crippen molar-refractivity contribution in [3.05, 3.63) is 0 Å². The summed E-state index contributed by atoms with van der Waals surface area (Å²) in [6, 6.07) is 0.269. The summed E-state index contributed by atoms with van der Waals surface area (Å²) in [5.41, 5.74) is 5.95. The van der Waals surface area contributed by atoms with Gasteiger partial charge in [0.25, 0.3) is 0 Å². The van der Waals surface area contributed by atoms with E-state index in [1.165, 1.54) is 25.7 Å². The summed E-state index contributed by atoms with van der Waals surface area (Å²) in [7, 11) is 0. The van der Waals surface area contributed by atoms with Crippen LogP contribution in [0.15, 0.2) is 0 Å². The van der Waals surface area contributed by atoms with Crippen molar-refractivity contribution in [2.45, 2.75) is 77.2 Å². The molecule has 5 heteroatoms. The van der Waals surface area contributed by atoms with Crippen molar-refractivity contribution in [2.24, 2.45) is 23.0 Å². The second-order valence-corrected chi connectivity index (χ2v) is 9.00. The van der Waals surface area contributed by atoms with E-state index in [0.717, 1.165) is 45.2 Å². The molecule has 1 unspecified atom stereocenters. The average Bonchev–Trinajstić information content (AvgIpc) is 3.25. The van der Waals surface area contributed by atoms with Crippen LogP contribution in [0.3, 0.4) is 0 Å². The predicted octanol–water partition coefficient (Wildman–Crippen LogP) is 2.44. The molecule has 1 heterocycles. The summed E-state index contributed by atoms with van der Waals surface area (Å²) in [6.07, 6.45) is 10.4. The number of hydrogen-bond donors (Lipinski definition) is 2. The minimum absolute atomic E-state index is 0.0983. The van der Waals surface area contributed by atoms with Gasteiger partial charge < -0.3 is 16.0 Å². The van der Waals surface area contributed by atoms with Crippen molar-refractivity contribution in [2.75, 3.05) is 19.6 Å². The van der Waals surface area contributed by atoms with Crippen molar-refractivity contribution < 1.29 is 9.59 Å². The third kappa shape index (κ3) is 4.75. The maximum Gasteiger partial charge on any atom is 0.225 e. The van der Waals surface area contributed by atoms with Gasteiger partial charge in [-0.2, -0.15) is 0 Å². The topological polar surface area (TPSA) is 75.4 Å². The fourth-order valence-electron chi connectivity index (χ4n) is 4.88. The Labute approximate surface area is 152 Å². The van der Waals surface area contributed by atoms with E-state index in [-0.39, 0.29) is 23.3 Å². The van der Waals surface area contributed by atoms with Crippen LogP contribution in [-0.2, 0) is 9.59 Å². The number of carbonyl (C=O) groups excluding carboxylic acids is 2. The Hall–Kier alpha value is -1.10. The summed E-state index contributed by atoms with van der Waals surface area (Å²) < 4.78 is 0. The lowest BCUT2D eigenvalue weighted by atomic mass is 9.85. The van der Waals surface area contributed by atoms with Gasteiger partial charge >= 0.3 is 0 Å². The first-order valence-electron chi connectivity index (χ1n) is 10.3. The number of amides is 2. The Balaban J connectivity index is 1.39. The van der Waals surface area contributed by atoms with Gasteiger partial charge in [0.2, 0.25) is 11.8 Å². The van der Waals surface area contributed by atoms with Crippen LogP contribution in [0.4, 0.5) is 0 Å². The fourth-order valence-corrected chi connectivity index (χ4v) is 4.88. The number of rotatable bonds is 5. The normalized spacial score (nSPS) is 33.6. The Bertz CT molecular complexity index is 481. The molecule has 5 nitrogen and oxygen atoms in total. The van der Waals surface area contributed by atoms with Gasteiger partial charge in [0.15, 0.2) is 0 Å². The number of likely N-dealkylation sites (tertiary alicyclic amines) is 1. The van der Waals surface area contributed by atoms with E-state index in [2.05, 4.69) is 12.2 Å². The van der Waals surface area contributed by atoms with Gasteiger partial charge in [-0.1, -0.05) is 19.8 Å². The van der Waals surface area contributed by atoms with Gasteiger partial charge in [0.05, 0.1) is 0 Å². The largest absolute Gasteiger partial charge is 0.353 e. The molecule has 3 aliphatic rings. The van der Waals surface area contributed by atoms with Gasteiger partial charge in [-0.05, 0) is 62.8 Å². The van der Waals surface area contributed by atoms with Gasteiger partial charge in [0, 0.05) is 31.5 Å². The van der Waals surface area contributed by atoms with Gasteiger partial charge in [-0.3, -0.25) is 9.59 Å². The van der Waals surface area contributed by atoms with E-state index in [9.17, 15) is 9.59 Å². The second kappa shape index (κ2) is 8.07. The van der Waals surface area contributed by atoms with Gasteiger partial charge in [-0.15, -0.1) is 0 Å². The van der Waals surface area contributed by atoms with Crippen LogP contribution < -0.4 is 11.1 Å². The van der Waals surface area contributed by atoms with Crippen LogP contribution in [0, 0.1) is 17.3 Å². The molecule has 0 aromatic rings. The molecule has 0 radical (unpaired) electrons. The summed E-state index contributed by atoms with van der Waals surface area (Å²) in [5, 5.41) is 3.22. The zero-order valence-corrected chi connectivity index (χ0v) is 15.8. The Morgan fingerprint density at radius 1 is 1.12 bits per heavy atom. The van der Waals surface area contributed by atoms with Gasteiger partial charge in [0.1, 0.15) is 0 Å². The fraction of sp³-hybridized carbons (Fsp3) is 0.900. The molecule has 3 fully saturated rings. The van der Waals surface area contributed by atoms with E-state index in [1.807, 2.05) is 4.90 Å². The first-order valence-corrected chi connectivity index (χ1v) is 10.3. The number of nitrogens with two attached hydrogens (primary N) is 1. The van der Waals surface area contributed by atoms with E-state index >= 15 is 0 Å². The number of nitrogens with one attached hydrogen (secondary N) is 1. The number of hydrogen-bond acceptors (Lipinski definition) is 3. The van der Waals surface area contributed by atoms with Crippen molar-refractivity contribution in [1.29, 1.82) is 0 Å². The zero-order valence-electron chi connectivity index (χ0n) is 15.8. The lowest BCUT2D eigenvalue weighted by Crippen LogP contribution is -2.42. The third-order valence-electron chi connectivity index (χ3n) is 6.75. The van der Waals surface area contributed by atoms with Crippen LogP contribution in [0.2, 0.25) is 0 Å². The molecule has 25 heavy (non-hydrogen) atoms. The zero-order chi connectivity index (χ0) is 17.9. The summed E-state index contributed by atoms with van der Waals surface area (Å²) >= 11 is 0. The third-order valence-corrected chi connectivity index (χ3v) is 6.75. The first-order chi connectivity index (χ1) is 12.0. The molecule has 142 valence electrons. The van der Waals surface area contributed by atoms with Crippen LogP contribution in [-0.4, -0.2) is 42.4 Å². The highest BCUT2D eigenvalue weighted by Gasteiger charge is 2.38. The molecule has 0 aromatic heterocycles. The molecule has 1 atom stereocenters. The first kappa shape index (κ1) is 18.7. The Morgan fingerprint density at radius 2 is 1.80 bits per heavy atom. The molecule has 2 aliphatic carbocycles. The van der Waals surface area contributed by atoms with Crippen LogP contribution in [0.25, 0.3) is 0 Å². The molecule has 1 saturated heterocycles. The molecule has 0 spiro atoms. The lowest BCUT2D eigenvalue weighted by Gasteiger charge is -2.31. The molecule has 3 rings (SSSR count). The highest BCUT2D eigenvalue weighted by molar-refractivity contribution is 5.79. The lowest BCUT2D eigenvalue weighted by molar-refractivity contribution is -0.136. The molecule has 2 amide bonds. The predicted molar refractivity (Wildman–Crippen MR) is 98.8 cm³/mol. The highest BCUT2D eigenvalue weighted by Crippen LogP contribution is 2.33. The van der Waals surface area contributed by atoms with Crippen molar-refractivity contribution in [3.63, 3.8) is 0 Å². The van der Waals surface area contributed by atoms with E-state index in [0.29, 0.717) is 24.8 Å². The van der Waals surface area contributed by atoms with Crippen molar-refractivity contribution in [1.82, 2.24) is 10.2 Å². The van der Waals surface area contributed by atoms with Crippen LogP contribution in [0.5, 0.6) is 0 Å². The molecule has 0 bridgehead atoms. The monoisotopic (exact) mass is 349 g/mol. The van der Waals surface area contributed by atoms with Crippen LogP contribution >= 0.6 is 0 Å². The number of nitrogens with zero attached hydrogens (tertiary/aromatic N) is 1. The standard InChI is InChI=1S/C20H35N3O2/c1-20(13-21)10-11-23(14-20)19(25)16-6-8-17(9-7-16)22-18(24)12-15-4-2-3-5-15/h15-17H,2-14,21H2,1H3,(H,22,24). The maximum atomic E-state index is 12.8. The van der Waals surface area contributed by atoms with Gasteiger partial charge in [-0.25, -0.2) is 0 Å². The Kier molecular flexibility index (Phi) is 6.03. The molecular formula is C20H35N3O2. The van der Waals surface area contributed by atoms with Crippen molar-refractivity contribution >= 4 is 11.8 Å². The molecule has 2 saturated carbocycles. The number of carbonyl (C=O) groups is 2. The van der Waals surface area contributed by atoms with E-state index < -0.39 is 0 Å².